The molecular formula is C10H11NO. The first-order chi connectivity index (χ1) is 5.77. The maximum absolute atomic E-state index is 11.1. The molecule has 0 N–H and O–H groups in total. The molecule has 0 aliphatic carbocycles. The van der Waals surface area contributed by atoms with E-state index in [4.69, 9.17) is 0 Å². The molecule has 0 radical (unpaired) electrons. The number of nitrogens with zero attached hydrogens (tertiary/aromatic N) is 1. The molecule has 12 heavy (non-hydrogen) atoms. The monoisotopic (exact) mass is 161 g/mol. The van der Waals surface area contributed by atoms with Gasteiger partial charge in [-0.15, -0.1) is 0 Å². The van der Waals surface area contributed by atoms with Gasteiger partial charge in [0, 0.05) is 30.4 Å². The van der Waals surface area contributed by atoms with E-state index in [-0.39, 0.29) is 5.78 Å². The highest BCUT2D eigenvalue weighted by atomic mass is 16.1. The molecule has 0 unspecified atom stereocenters. The van der Waals surface area contributed by atoms with Crippen molar-refractivity contribution in [3.05, 3.63) is 35.7 Å². The Kier molecular flexibility index (Phi) is 1.61. The molecule has 0 amide bonds. The van der Waals surface area contributed by atoms with Crippen molar-refractivity contribution in [2.45, 2.75) is 13.3 Å². The lowest BCUT2D eigenvalue weighted by Crippen LogP contribution is -2.28. The van der Waals surface area contributed by atoms with Crippen molar-refractivity contribution in [2.24, 2.45) is 0 Å². The molecule has 0 bridgehead atoms. The summed E-state index contributed by atoms with van der Waals surface area (Å²) in [6.45, 7) is 2.89. The maximum Gasteiger partial charge on any atom is 0.159 e. The Morgan fingerprint density at radius 3 is 3.17 bits per heavy atom. The van der Waals surface area contributed by atoms with Crippen LogP contribution in [0.1, 0.15) is 13.3 Å². The minimum Gasteiger partial charge on any atom is -0.345 e. The number of fused-ring (bicyclic) bond motifs is 1. The molecule has 2 rings (SSSR count). The van der Waals surface area contributed by atoms with Gasteiger partial charge in [0.2, 0.25) is 0 Å². The average molecular weight is 161 g/mol. The Labute approximate surface area is 71.9 Å². The van der Waals surface area contributed by atoms with Crippen molar-refractivity contribution in [3.63, 3.8) is 0 Å². The van der Waals surface area contributed by atoms with Gasteiger partial charge in [-0.25, -0.2) is 0 Å². The molecule has 0 aromatic heterocycles. The summed E-state index contributed by atoms with van der Waals surface area (Å²) < 4.78 is 0. The lowest BCUT2D eigenvalue weighted by molar-refractivity contribution is -0.115. The molecule has 2 aliphatic rings. The van der Waals surface area contributed by atoms with Crippen LogP contribution in [0, 0.1) is 0 Å². The van der Waals surface area contributed by atoms with Crippen LogP contribution in [0.25, 0.3) is 0 Å². The number of ketones is 1. The van der Waals surface area contributed by atoms with Gasteiger partial charge in [0.15, 0.2) is 5.78 Å². The van der Waals surface area contributed by atoms with E-state index >= 15 is 0 Å². The molecule has 2 heterocycles. The van der Waals surface area contributed by atoms with E-state index in [9.17, 15) is 4.79 Å². The van der Waals surface area contributed by atoms with Gasteiger partial charge in [-0.2, -0.15) is 0 Å². The molecule has 0 saturated heterocycles. The largest absolute Gasteiger partial charge is 0.345 e. The minimum atomic E-state index is 0.237. The van der Waals surface area contributed by atoms with Gasteiger partial charge >= 0.3 is 0 Å². The zero-order valence-electron chi connectivity index (χ0n) is 7.08. The number of carbonyl (C=O) groups excluding carboxylic acids is 1. The molecule has 2 heteroatoms. The number of carbonyl (C=O) groups is 1. The van der Waals surface area contributed by atoms with Gasteiger partial charge in [0.05, 0.1) is 0 Å². The Morgan fingerprint density at radius 2 is 2.33 bits per heavy atom. The van der Waals surface area contributed by atoms with Crippen molar-refractivity contribution >= 4 is 5.78 Å². The number of hydrogen-bond acceptors (Lipinski definition) is 2. The predicted molar refractivity (Wildman–Crippen MR) is 47.3 cm³/mol. The fourth-order valence-corrected chi connectivity index (χ4v) is 1.56. The van der Waals surface area contributed by atoms with Crippen LogP contribution < -0.4 is 0 Å². The van der Waals surface area contributed by atoms with Crippen molar-refractivity contribution in [3.8, 4) is 0 Å². The number of rotatable bonds is 0. The molecule has 0 saturated carbocycles. The smallest absolute Gasteiger partial charge is 0.159 e. The summed E-state index contributed by atoms with van der Waals surface area (Å²) in [7, 11) is 0. The molecule has 2 nitrogen and oxygen atoms in total. The molecule has 2 aliphatic heterocycles. The molecule has 0 aromatic rings. The van der Waals surface area contributed by atoms with Crippen molar-refractivity contribution in [1.29, 1.82) is 0 Å². The van der Waals surface area contributed by atoms with Crippen LogP contribution >= 0.6 is 0 Å². The molecule has 62 valence electrons. The topological polar surface area (TPSA) is 20.3 Å². The van der Waals surface area contributed by atoms with Gasteiger partial charge in [-0.05, 0) is 19.1 Å². The summed E-state index contributed by atoms with van der Waals surface area (Å²) in [5, 5.41) is 0. The summed E-state index contributed by atoms with van der Waals surface area (Å²) in [5.41, 5.74) is 2.25. The van der Waals surface area contributed by atoms with E-state index in [0.29, 0.717) is 6.42 Å². The van der Waals surface area contributed by atoms with Crippen molar-refractivity contribution in [1.82, 2.24) is 4.90 Å². The molecule has 0 spiro atoms. The van der Waals surface area contributed by atoms with Gasteiger partial charge < -0.3 is 4.90 Å². The third-order valence-corrected chi connectivity index (χ3v) is 2.23. The van der Waals surface area contributed by atoms with E-state index in [1.807, 2.05) is 12.2 Å². The van der Waals surface area contributed by atoms with Crippen LogP contribution in [-0.4, -0.2) is 17.2 Å². The van der Waals surface area contributed by atoms with Gasteiger partial charge in [0.1, 0.15) is 0 Å². The summed E-state index contributed by atoms with van der Waals surface area (Å²) >= 11 is 0. The van der Waals surface area contributed by atoms with E-state index in [1.165, 1.54) is 5.70 Å². The highest BCUT2D eigenvalue weighted by molar-refractivity contribution is 5.91. The van der Waals surface area contributed by atoms with Crippen molar-refractivity contribution in [2.75, 3.05) is 6.54 Å². The first-order valence-corrected chi connectivity index (χ1v) is 4.14. The molecular weight excluding hydrogens is 150 g/mol. The SMILES string of the molecule is CC1=CC=CC2=CC(=O)CCN12. The normalized spacial score (nSPS) is 21.8. The zero-order valence-corrected chi connectivity index (χ0v) is 7.08. The third kappa shape index (κ3) is 1.09. The van der Waals surface area contributed by atoms with Crippen molar-refractivity contribution < 1.29 is 4.79 Å². The van der Waals surface area contributed by atoms with E-state index in [2.05, 4.69) is 17.9 Å². The third-order valence-electron chi connectivity index (χ3n) is 2.23. The summed E-state index contributed by atoms with van der Waals surface area (Å²) in [6, 6.07) is 0. The lowest BCUT2D eigenvalue weighted by Gasteiger charge is -2.30. The van der Waals surface area contributed by atoms with Crippen LogP contribution in [0.4, 0.5) is 0 Å². The van der Waals surface area contributed by atoms with E-state index in [1.54, 1.807) is 6.08 Å². The minimum absolute atomic E-state index is 0.237. The molecule has 0 atom stereocenters. The van der Waals surface area contributed by atoms with Crippen LogP contribution in [0.15, 0.2) is 35.7 Å². The first-order valence-electron chi connectivity index (χ1n) is 4.14. The van der Waals surface area contributed by atoms with Crippen LogP contribution in [0.2, 0.25) is 0 Å². The number of hydrogen-bond donors (Lipinski definition) is 0. The second kappa shape index (κ2) is 2.63. The number of allylic oxidation sites excluding steroid dienone is 5. The summed E-state index contributed by atoms with van der Waals surface area (Å²) in [5.74, 6) is 0.237. The van der Waals surface area contributed by atoms with Crippen LogP contribution in [0.5, 0.6) is 0 Å². The molecule has 0 fully saturated rings. The Balaban J connectivity index is 2.37. The Hall–Kier alpha value is -1.31. The fourth-order valence-electron chi connectivity index (χ4n) is 1.56. The Bertz CT molecular complexity index is 310. The van der Waals surface area contributed by atoms with Crippen LogP contribution in [0.3, 0.4) is 0 Å². The highest BCUT2D eigenvalue weighted by Crippen LogP contribution is 2.22. The predicted octanol–water partition coefficient (Wildman–Crippen LogP) is 1.62. The lowest BCUT2D eigenvalue weighted by atomic mass is 10.1. The van der Waals surface area contributed by atoms with E-state index < -0.39 is 0 Å². The summed E-state index contributed by atoms with van der Waals surface area (Å²) in [6.07, 6.45) is 8.38. The fraction of sp³-hybridized carbons (Fsp3) is 0.300. The first kappa shape index (κ1) is 7.35. The Morgan fingerprint density at radius 1 is 1.50 bits per heavy atom. The zero-order chi connectivity index (χ0) is 8.55. The average Bonchev–Trinajstić information content (AvgIpc) is 2.04. The highest BCUT2D eigenvalue weighted by Gasteiger charge is 2.18. The second-order valence-corrected chi connectivity index (χ2v) is 3.10. The summed E-state index contributed by atoms with van der Waals surface area (Å²) in [4.78, 5) is 13.2. The standard InChI is InChI=1S/C10H11NO/c1-8-3-2-4-9-7-10(12)5-6-11(8)9/h2-4,7H,5-6H2,1H3. The molecule has 0 aromatic carbocycles. The van der Waals surface area contributed by atoms with Crippen LogP contribution in [-0.2, 0) is 4.79 Å². The van der Waals surface area contributed by atoms with E-state index in [0.717, 1.165) is 12.2 Å². The van der Waals surface area contributed by atoms with Gasteiger partial charge in [-0.1, -0.05) is 6.08 Å². The van der Waals surface area contributed by atoms with Gasteiger partial charge in [-0.3, -0.25) is 4.79 Å². The maximum atomic E-state index is 11.1. The quantitative estimate of drug-likeness (QED) is 0.538. The second-order valence-electron chi connectivity index (χ2n) is 3.10. The van der Waals surface area contributed by atoms with Gasteiger partial charge in [0.25, 0.3) is 0 Å².